The van der Waals surface area contributed by atoms with Gasteiger partial charge in [0.1, 0.15) is 5.78 Å². The first kappa shape index (κ1) is 20.6. The van der Waals surface area contributed by atoms with Crippen molar-refractivity contribution in [1.82, 2.24) is 20.3 Å². The van der Waals surface area contributed by atoms with Gasteiger partial charge in [0.15, 0.2) is 0 Å². The molecule has 4 N–H and O–H groups in total. The number of primary amides is 1. The number of carbonyl (C=O) groups excluding carboxylic acids is 2. The van der Waals surface area contributed by atoms with E-state index in [4.69, 9.17) is 5.73 Å². The third kappa shape index (κ3) is 3.23. The summed E-state index contributed by atoms with van der Waals surface area (Å²) in [5.41, 5.74) is 9.02. The molecule has 3 aromatic rings. The van der Waals surface area contributed by atoms with E-state index < -0.39 is 5.91 Å². The van der Waals surface area contributed by atoms with Gasteiger partial charge in [-0.15, -0.1) is 0 Å². The maximum Gasteiger partial charge on any atom is 0.252 e. The predicted molar refractivity (Wildman–Crippen MR) is 128 cm³/mol. The molecular weight excluding hydrogens is 416 g/mol. The number of ketones is 1. The molecule has 1 aromatic carbocycles. The highest BCUT2D eigenvalue weighted by atomic mass is 16.1. The minimum Gasteiger partial charge on any atom is -0.365 e. The van der Waals surface area contributed by atoms with Gasteiger partial charge in [0.2, 0.25) is 0 Å². The van der Waals surface area contributed by atoms with E-state index in [1.54, 1.807) is 6.20 Å². The Morgan fingerprint density at radius 2 is 1.97 bits per heavy atom. The quantitative estimate of drug-likeness (QED) is 0.565. The van der Waals surface area contributed by atoms with Gasteiger partial charge in [-0.25, -0.2) is 0 Å². The number of carbonyl (C=O) groups is 2. The van der Waals surface area contributed by atoms with Crippen LogP contribution in [0.1, 0.15) is 47.5 Å². The number of piperidine rings is 2. The molecule has 1 amide bonds. The lowest BCUT2D eigenvalue weighted by molar-refractivity contribution is -0.128. The van der Waals surface area contributed by atoms with Crippen molar-refractivity contribution < 1.29 is 9.59 Å². The summed E-state index contributed by atoms with van der Waals surface area (Å²) in [5.74, 6) is 0.386. The van der Waals surface area contributed by atoms with Crippen LogP contribution in [0.4, 0.5) is 0 Å². The number of nitrogens with two attached hydrogens (primary N) is 1. The Morgan fingerprint density at radius 1 is 1.12 bits per heavy atom. The van der Waals surface area contributed by atoms with Gasteiger partial charge < -0.3 is 21.4 Å². The Balaban J connectivity index is 1.55. The molecule has 2 aromatic heterocycles. The van der Waals surface area contributed by atoms with Gasteiger partial charge in [-0.1, -0.05) is 6.07 Å². The molecule has 8 nitrogen and oxygen atoms in total. The normalized spacial score (nSPS) is 24.4. The lowest BCUT2D eigenvalue weighted by Gasteiger charge is -2.41. The second-order valence-corrected chi connectivity index (χ2v) is 9.83. The molecule has 1 unspecified atom stereocenters. The van der Waals surface area contributed by atoms with Gasteiger partial charge in [0.25, 0.3) is 5.91 Å². The Bertz CT molecular complexity index is 1250. The molecule has 172 valence electrons. The van der Waals surface area contributed by atoms with Crippen LogP contribution in [-0.4, -0.2) is 60.6 Å². The Labute approximate surface area is 192 Å². The summed E-state index contributed by atoms with van der Waals surface area (Å²) in [6.45, 7) is 4.90. The second-order valence-electron chi connectivity index (χ2n) is 9.83. The van der Waals surface area contributed by atoms with Crippen LogP contribution >= 0.6 is 0 Å². The van der Waals surface area contributed by atoms with E-state index in [9.17, 15) is 9.59 Å². The number of benzene rings is 1. The summed E-state index contributed by atoms with van der Waals surface area (Å²) >= 11 is 0. The standard InChI is InChI=1S/C25H30N6O2/c26-24(33)20-13-29-12-19-18-11-17(16-3-7-27-8-4-16)1-2-21(18)31(23(19)20)30-10-5-22(32)25(15-30)6-9-28-14-25/h1-2,11-13,16,27-28H,3-10,14-15H2,(H2,26,33). The first-order chi connectivity index (χ1) is 16.1. The predicted octanol–water partition coefficient (Wildman–Crippen LogP) is 1.65. The van der Waals surface area contributed by atoms with E-state index in [0.717, 1.165) is 60.7 Å². The van der Waals surface area contributed by atoms with Crippen LogP contribution in [0, 0.1) is 5.41 Å². The molecule has 0 saturated carbocycles. The van der Waals surface area contributed by atoms with Crippen LogP contribution < -0.4 is 21.4 Å². The van der Waals surface area contributed by atoms with Gasteiger partial charge in [-0.3, -0.25) is 19.2 Å². The largest absolute Gasteiger partial charge is 0.365 e. The minimum absolute atomic E-state index is 0.342. The van der Waals surface area contributed by atoms with E-state index in [2.05, 4.69) is 43.5 Å². The molecule has 8 heteroatoms. The molecule has 5 heterocycles. The molecular formula is C25H30N6O2. The highest BCUT2D eigenvalue weighted by molar-refractivity contribution is 6.15. The molecule has 0 aliphatic carbocycles. The monoisotopic (exact) mass is 446 g/mol. The number of hydrogen-bond acceptors (Lipinski definition) is 6. The van der Waals surface area contributed by atoms with Gasteiger partial charge in [0.05, 0.1) is 22.0 Å². The van der Waals surface area contributed by atoms with Crippen LogP contribution in [-0.2, 0) is 4.79 Å². The average Bonchev–Trinajstić information content (AvgIpc) is 3.44. The number of nitrogens with zero attached hydrogens (tertiary/aromatic N) is 3. The molecule has 6 rings (SSSR count). The van der Waals surface area contributed by atoms with Crippen molar-refractivity contribution in [3.05, 3.63) is 41.7 Å². The number of rotatable bonds is 3. The molecule has 3 aliphatic heterocycles. The third-order valence-corrected chi connectivity index (χ3v) is 7.94. The van der Waals surface area contributed by atoms with Gasteiger partial charge in [0, 0.05) is 49.2 Å². The maximum absolute atomic E-state index is 12.9. The first-order valence-corrected chi connectivity index (χ1v) is 12.0. The zero-order valence-electron chi connectivity index (χ0n) is 18.8. The topological polar surface area (TPSA) is 105 Å². The first-order valence-electron chi connectivity index (χ1n) is 12.0. The maximum atomic E-state index is 12.9. The van der Waals surface area contributed by atoms with Gasteiger partial charge in [-0.05, 0) is 62.5 Å². The van der Waals surface area contributed by atoms with Crippen molar-refractivity contribution in [2.24, 2.45) is 11.1 Å². The zero-order chi connectivity index (χ0) is 22.6. The van der Waals surface area contributed by atoms with Crippen molar-refractivity contribution in [3.63, 3.8) is 0 Å². The van der Waals surface area contributed by atoms with E-state index in [-0.39, 0.29) is 5.41 Å². The van der Waals surface area contributed by atoms with Gasteiger partial charge in [-0.2, -0.15) is 0 Å². The number of hydrogen-bond donors (Lipinski definition) is 3. The van der Waals surface area contributed by atoms with Crippen LogP contribution in [0.5, 0.6) is 0 Å². The van der Waals surface area contributed by atoms with Gasteiger partial charge >= 0.3 is 0 Å². The number of fused-ring (bicyclic) bond motifs is 3. The van der Waals surface area contributed by atoms with Crippen LogP contribution in [0.2, 0.25) is 0 Å². The minimum atomic E-state index is -0.485. The molecule has 0 radical (unpaired) electrons. The van der Waals surface area contributed by atoms with Crippen molar-refractivity contribution in [2.75, 3.05) is 44.3 Å². The molecule has 3 aliphatic rings. The summed E-state index contributed by atoms with van der Waals surface area (Å²) in [6, 6.07) is 6.68. The fraction of sp³-hybridized carbons (Fsp3) is 0.480. The van der Waals surface area contributed by atoms with Crippen molar-refractivity contribution in [3.8, 4) is 0 Å². The Kier molecular flexibility index (Phi) is 4.88. The fourth-order valence-electron chi connectivity index (χ4n) is 6.14. The summed E-state index contributed by atoms with van der Waals surface area (Å²) < 4.78 is 2.14. The summed E-state index contributed by atoms with van der Waals surface area (Å²) in [7, 11) is 0. The second kappa shape index (κ2) is 7.81. The molecule has 33 heavy (non-hydrogen) atoms. The Hall–Kier alpha value is -2.97. The van der Waals surface area contributed by atoms with Crippen LogP contribution in [0.3, 0.4) is 0 Å². The fourth-order valence-corrected chi connectivity index (χ4v) is 6.14. The highest BCUT2D eigenvalue weighted by Gasteiger charge is 2.45. The number of amides is 1. The lowest BCUT2D eigenvalue weighted by Crippen LogP contribution is -2.54. The zero-order valence-corrected chi connectivity index (χ0v) is 18.8. The molecule has 0 bridgehead atoms. The van der Waals surface area contributed by atoms with Crippen LogP contribution in [0.25, 0.3) is 21.8 Å². The number of pyridine rings is 1. The number of nitrogens with one attached hydrogen (secondary N) is 2. The molecule has 3 fully saturated rings. The average molecular weight is 447 g/mol. The van der Waals surface area contributed by atoms with Crippen molar-refractivity contribution in [1.29, 1.82) is 0 Å². The van der Waals surface area contributed by atoms with Crippen LogP contribution in [0.15, 0.2) is 30.6 Å². The van der Waals surface area contributed by atoms with Crippen molar-refractivity contribution in [2.45, 2.75) is 31.6 Å². The third-order valence-electron chi connectivity index (χ3n) is 7.94. The van der Waals surface area contributed by atoms with E-state index in [1.807, 2.05) is 6.20 Å². The molecule has 3 saturated heterocycles. The summed E-state index contributed by atoms with van der Waals surface area (Å²) in [4.78, 5) is 29.7. The van der Waals surface area contributed by atoms with E-state index in [1.165, 1.54) is 5.56 Å². The van der Waals surface area contributed by atoms with Crippen molar-refractivity contribution >= 4 is 33.5 Å². The number of Topliss-reactive ketones (excluding diaryl/α,β-unsaturated/α-hetero) is 1. The Morgan fingerprint density at radius 3 is 2.73 bits per heavy atom. The SMILES string of the molecule is NC(=O)c1cncc2c3cc(C4CCNCC4)ccc3n(N3CCC(=O)C4(CCNC4)C3)c12. The highest BCUT2D eigenvalue weighted by Crippen LogP contribution is 2.38. The summed E-state index contributed by atoms with van der Waals surface area (Å²) in [6.07, 6.45) is 7.01. The molecule has 1 atom stereocenters. The number of aromatic nitrogens is 2. The summed E-state index contributed by atoms with van der Waals surface area (Å²) in [5, 5.41) is 11.1. The van der Waals surface area contributed by atoms with E-state index >= 15 is 0 Å². The molecule has 1 spiro atoms. The van der Waals surface area contributed by atoms with E-state index in [0.29, 0.717) is 43.3 Å². The smallest absolute Gasteiger partial charge is 0.252 e. The lowest BCUT2D eigenvalue weighted by atomic mass is 9.78.